The van der Waals surface area contributed by atoms with Crippen molar-refractivity contribution < 1.29 is 27.7 Å². The van der Waals surface area contributed by atoms with Crippen LogP contribution in [0.15, 0.2) is 53.4 Å². The number of nitro benzene ring substituents is 1. The molecule has 1 atom stereocenters. The van der Waals surface area contributed by atoms with E-state index in [1.807, 2.05) is 0 Å². The summed E-state index contributed by atoms with van der Waals surface area (Å²) in [7, 11) is -4.07. The number of hydrogen-bond donors (Lipinski definition) is 0. The minimum Gasteiger partial charge on any atom is -0.426 e. The third-order valence-electron chi connectivity index (χ3n) is 3.65. The molecular weight excluding hydrogens is 362 g/mol. The molecule has 2 rings (SSSR count). The van der Waals surface area contributed by atoms with Crippen LogP contribution in [0, 0.1) is 10.1 Å². The van der Waals surface area contributed by atoms with Crippen LogP contribution in [0.3, 0.4) is 0 Å². The summed E-state index contributed by atoms with van der Waals surface area (Å²) < 4.78 is 30.0. The van der Waals surface area contributed by atoms with E-state index in [1.54, 1.807) is 0 Å². The predicted molar refractivity (Wildman–Crippen MR) is 91.8 cm³/mol. The zero-order chi connectivity index (χ0) is 19.5. The van der Waals surface area contributed by atoms with Crippen molar-refractivity contribution in [2.24, 2.45) is 0 Å². The molecule has 0 amide bonds. The molecule has 0 unspecified atom stereocenters. The second-order valence-electron chi connectivity index (χ2n) is 5.44. The lowest BCUT2D eigenvalue weighted by molar-refractivity contribution is -0.384. The number of ether oxygens (including phenoxy) is 1. The van der Waals surface area contributed by atoms with Gasteiger partial charge in [0.05, 0.1) is 9.82 Å². The molecule has 0 saturated heterocycles. The maximum absolute atomic E-state index is 12.5. The van der Waals surface area contributed by atoms with Crippen molar-refractivity contribution in [1.29, 1.82) is 0 Å². The summed E-state index contributed by atoms with van der Waals surface area (Å²) in [6.45, 7) is 2.56. The van der Waals surface area contributed by atoms with Crippen LogP contribution in [0.2, 0.25) is 0 Å². The summed E-state index contributed by atoms with van der Waals surface area (Å²) >= 11 is 0. The van der Waals surface area contributed by atoms with Gasteiger partial charge in [0, 0.05) is 17.7 Å². The molecule has 0 saturated carbocycles. The van der Waals surface area contributed by atoms with E-state index >= 15 is 0 Å². The van der Waals surface area contributed by atoms with Crippen LogP contribution in [-0.2, 0) is 14.6 Å². The fourth-order valence-electron chi connectivity index (χ4n) is 2.05. The van der Waals surface area contributed by atoms with Gasteiger partial charge in [-0.2, -0.15) is 0 Å². The summed E-state index contributed by atoms with van der Waals surface area (Å²) in [5, 5.41) is 9.12. The molecule has 0 heterocycles. The maximum atomic E-state index is 12.5. The summed E-state index contributed by atoms with van der Waals surface area (Å²) in [4.78, 5) is 33.1. The number of ketones is 1. The average Bonchev–Trinajstić information content (AvgIpc) is 2.61. The Morgan fingerprint density at radius 2 is 1.58 bits per heavy atom. The highest BCUT2D eigenvalue weighted by molar-refractivity contribution is 7.92. The topological polar surface area (TPSA) is 121 Å². The quantitative estimate of drug-likeness (QED) is 0.249. The van der Waals surface area contributed by atoms with Gasteiger partial charge in [-0.1, -0.05) is 0 Å². The number of rotatable bonds is 6. The number of carbonyl (C=O) groups excluding carboxylic acids is 2. The molecule has 0 aromatic heterocycles. The van der Waals surface area contributed by atoms with Gasteiger partial charge in [-0.15, -0.1) is 0 Å². The van der Waals surface area contributed by atoms with E-state index in [2.05, 4.69) is 0 Å². The first-order valence-electron chi connectivity index (χ1n) is 7.44. The molecule has 0 N–H and O–H groups in total. The molecular formula is C17H15NO7S. The number of nitro groups is 1. The molecule has 136 valence electrons. The van der Waals surface area contributed by atoms with Crippen molar-refractivity contribution in [2.75, 3.05) is 0 Å². The first-order valence-corrected chi connectivity index (χ1v) is 8.98. The van der Waals surface area contributed by atoms with Crippen LogP contribution >= 0.6 is 0 Å². The molecule has 9 heteroatoms. The number of sulfone groups is 1. The highest BCUT2D eigenvalue weighted by Gasteiger charge is 2.31. The lowest BCUT2D eigenvalue weighted by Crippen LogP contribution is -2.31. The van der Waals surface area contributed by atoms with Crippen LogP contribution in [0.1, 0.15) is 24.2 Å². The van der Waals surface area contributed by atoms with Gasteiger partial charge in [0.2, 0.25) is 0 Å². The smallest absolute Gasteiger partial charge is 0.329 e. The van der Waals surface area contributed by atoms with Crippen molar-refractivity contribution in [3.63, 3.8) is 0 Å². The van der Waals surface area contributed by atoms with Gasteiger partial charge < -0.3 is 4.74 Å². The SMILES string of the molecule is CC(=O)c1ccc(OC(=O)[C@@H](C)S(=O)(=O)c2ccc([N+](=O)[O-])cc2)cc1. The fourth-order valence-corrected chi connectivity index (χ4v) is 3.27. The van der Waals surface area contributed by atoms with Gasteiger partial charge in [0.1, 0.15) is 5.75 Å². The van der Waals surface area contributed by atoms with Gasteiger partial charge in [-0.3, -0.25) is 19.7 Å². The third-order valence-corrected chi connectivity index (χ3v) is 5.71. The van der Waals surface area contributed by atoms with E-state index in [9.17, 15) is 28.1 Å². The van der Waals surface area contributed by atoms with E-state index in [0.717, 1.165) is 24.3 Å². The second kappa shape index (κ2) is 7.44. The van der Waals surface area contributed by atoms with Gasteiger partial charge in [-0.05, 0) is 50.2 Å². The Morgan fingerprint density at radius 3 is 2.04 bits per heavy atom. The van der Waals surface area contributed by atoms with Crippen molar-refractivity contribution in [2.45, 2.75) is 24.0 Å². The summed E-state index contributed by atoms with van der Waals surface area (Å²) in [6, 6.07) is 9.93. The lowest BCUT2D eigenvalue weighted by Gasteiger charge is -2.12. The highest BCUT2D eigenvalue weighted by atomic mass is 32.2. The fraction of sp³-hybridized carbons (Fsp3) is 0.176. The Morgan fingerprint density at radius 1 is 1.04 bits per heavy atom. The first kappa shape index (κ1) is 19.3. The minimum atomic E-state index is -4.07. The zero-order valence-corrected chi connectivity index (χ0v) is 14.7. The van der Waals surface area contributed by atoms with E-state index in [4.69, 9.17) is 4.74 Å². The normalized spacial score (nSPS) is 12.2. The average molecular weight is 377 g/mol. The largest absolute Gasteiger partial charge is 0.426 e. The van der Waals surface area contributed by atoms with Gasteiger partial charge in [-0.25, -0.2) is 8.42 Å². The Balaban J connectivity index is 2.17. The molecule has 0 spiro atoms. The van der Waals surface area contributed by atoms with Gasteiger partial charge >= 0.3 is 5.97 Å². The van der Waals surface area contributed by atoms with Crippen LogP contribution in [0.25, 0.3) is 0 Å². The number of non-ortho nitro benzene ring substituents is 1. The van der Waals surface area contributed by atoms with Crippen LogP contribution in [-0.4, -0.2) is 30.3 Å². The second-order valence-corrected chi connectivity index (χ2v) is 7.71. The molecule has 0 aliphatic rings. The molecule has 0 fully saturated rings. The number of hydrogen-bond acceptors (Lipinski definition) is 7. The molecule has 0 aliphatic carbocycles. The number of nitrogens with zero attached hydrogens (tertiary/aromatic N) is 1. The molecule has 2 aromatic carbocycles. The molecule has 2 aromatic rings. The van der Waals surface area contributed by atoms with E-state index in [-0.39, 0.29) is 22.1 Å². The molecule has 0 radical (unpaired) electrons. The predicted octanol–water partition coefficient (Wildman–Crippen LogP) is 2.57. The van der Waals surface area contributed by atoms with Crippen molar-refractivity contribution in [3.05, 3.63) is 64.2 Å². The maximum Gasteiger partial charge on any atom is 0.329 e. The van der Waals surface area contributed by atoms with Crippen molar-refractivity contribution in [3.8, 4) is 5.75 Å². The highest BCUT2D eigenvalue weighted by Crippen LogP contribution is 2.21. The third kappa shape index (κ3) is 4.12. The monoisotopic (exact) mass is 377 g/mol. The van der Waals surface area contributed by atoms with Gasteiger partial charge in [0.25, 0.3) is 5.69 Å². The molecule has 8 nitrogen and oxygen atoms in total. The zero-order valence-electron chi connectivity index (χ0n) is 13.9. The lowest BCUT2D eigenvalue weighted by atomic mass is 10.1. The number of benzene rings is 2. The van der Waals surface area contributed by atoms with E-state index in [1.165, 1.54) is 38.1 Å². The molecule has 26 heavy (non-hydrogen) atoms. The standard InChI is InChI=1S/C17H15NO7S/c1-11(19)13-3-7-15(8-4-13)25-17(20)12(2)26(23,24)16-9-5-14(6-10-16)18(21)22/h3-10,12H,1-2H3/t12-/m1/s1. The summed E-state index contributed by atoms with van der Waals surface area (Å²) in [6.07, 6.45) is 0. The Kier molecular flexibility index (Phi) is 5.51. The summed E-state index contributed by atoms with van der Waals surface area (Å²) in [5.74, 6) is -1.05. The first-order chi connectivity index (χ1) is 12.1. The van der Waals surface area contributed by atoms with Crippen LogP contribution in [0.5, 0.6) is 5.75 Å². The van der Waals surface area contributed by atoms with Crippen LogP contribution < -0.4 is 4.74 Å². The van der Waals surface area contributed by atoms with Crippen molar-refractivity contribution >= 4 is 27.3 Å². The number of Topliss-reactive ketones (excluding diaryl/α,β-unsaturated/α-hetero) is 1. The molecule has 0 aliphatic heterocycles. The molecule has 0 bridgehead atoms. The Labute approximate surface area is 149 Å². The Bertz CT molecular complexity index is 948. The number of esters is 1. The number of carbonyl (C=O) groups is 2. The van der Waals surface area contributed by atoms with Crippen LogP contribution in [0.4, 0.5) is 5.69 Å². The van der Waals surface area contributed by atoms with Crippen molar-refractivity contribution in [1.82, 2.24) is 0 Å². The summed E-state index contributed by atoms with van der Waals surface area (Å²) in [5.41, 5.74) is 0.168. The Hall–Kier alpha value is -3.07. The minimum absolute atomic E-state index is 0.103. The van der Waals surface area contributed by atoms with Gasteiger partial charge in [0.15, 0.2) is 20.9 Å². The van der Waals surface area contributed by atoms with E-state index < -0.39 is 26.0 Å². The van der Waals surface area contributed by atoms with E-state index in [0.29, 0.717) is 5.56 Å².